The lowest BCUT2D eigenvalue weighted by Gasteiger charge is -2.30. The number of rotatable bonds is 4. The fourth-order valence-electron chi connectivity index (χ4n) is 2.88. The van der Waals surface area contributed by atoms with Gasteiger partial charge in [-0.3, -0.25) is 4.79 Å². The lowest BCUT2D eigenvalue weighted by atomic mass is 10.0. The summed E-state index contributed by atoms with van der Waals surface area (Å²) in [6.07, 6.45) is -1.34. The number of carbonyl (C=O) groups is 1. The van der Waals surface area contributed by atoms with Gasteiger partial charge < -0.3 is 9.64 Å². The topological polar surface area (TPSA) is 42.4 Å². The fourth-order valence-corrected chi connectivity index (χ4v) is 3.62. The van der Waals surface area contributed by atoms with Crippen LogP contribution in [0.25, 0.3) is 0 Å². The van der Waals surface area contributed by atoms with Crippen LogP contribution in [0.3, 0.4) is 0 Å². The number of methoxy groups -OCH3 is 1. The van der Waals surface area contributed by atoms with E-state index < -0.39 is 11.9 Å². The highest BCUT2D eigenvalue weighted by Crippen LogP contribution is 2.33. The molecule has 0 spiro atoms. The first-order valence-electron chi connectivity index (χ1n) is 8.02. The molecule has 0 atom stereocenters. The molecule has 1 amide bonds. The van der Waals surface area contributed by atoms with Gasteiger partial charge in [-0.15, -0.1) is 0 Å². The van der Waals surface area contributed by atoms with Crippen LogP contribution in [0.2, 0.25) is 0 Å². The molecule has 4 nitrogen and oxygen atoms in total. The number of nitrogens with zero attached hydrogens (tertiary/aromatic N) is 2. The monoisotopic (exact) mass is 382 g/mol. The second kappa shape index (κ2) is 7.57. The first-order valence-corrected chi connectivity index (χ1v) is 9.01. The molecule has 1 aliphatic heterocycles. The maximum Gasteiger partial charge on any atom is 0.398 e. The molecule has 2 heterocycles. The number of benzene rings is 1. The van der Waals surface area contributed by atoms with E-state index in [4.69, 9.17) is 4.74 Å². The summed E-state index contributed by atoms with van der Waals surface area (Å²) in [4.78, 5) is 18.6. The third kappa shape index (κ3) is 4.12. The number of halogens is 3. The maximum absolute atomic E-state index is 13.0. The number of thioether (sulfide) groups is 1. The van der Waals surface area contributed by atoms with Crippen molar-refractivity contribution in [2.24, 2.45) is 0 Å². The van der Waals surface area contributed by atoms with E-state index in [-0.39, 0.29) is 16.5 Å². The highest BCUT2D eigenvalue weighted by molar-refractivity contribution is 7.99. The molecule has 0 saturated heterocycles. The third-order valence-electron chi connectivity index (χ3n) is 4.02. The number of alkyl halides is 3. The van der Waals surface area contributed by atoms with Gasteiger partial charge in [-0.05, 0) is 48.7 Å². The second-order valence-electron chi connectivity index (χ2n) is 5.81. The van der Waals surface area contributed by atoms with Crippen LogP contribution in [0.1, 0.15) is 22.3 Å². The molecule has 2 aromatic rings. The number of amides is 1. The zero-order chi connectivity index (χ0) is 18.7. The van der Waals surface area contributed by atoms with E-state index in [1.54, 1.807) is 24.1 Å². The molecule has 0 bridgehead atoms. The van der Waals surface area contributed by atoms with Gasteiger partial charge in [-0.1, -0.05) is 11.8 Å². The summed E-state index contributed by atoms with van der Waals surface area (Å²) in [5.74, 6) is -0.715. The Labute approximate surface area is 153 Å². The quantitative estimate of drug-likeness (QED) is 0.738. The van der Waals surface area contributed by atoms with Gasteiger partial charge in [0.2, 0.25) is 0 Å². The van der Waals surface area contributed by atoms with E-state index in [0.717, 1.165) is 24.1 Å². The van der Waals surface area contributed by atoms with Crippen molar-refractivity contribution in [1.29, 1.82) is 0 Å². The van der Waals surface area contributed by atoms with Crippen LogP contribution in [0.5, 0.6) is 5.75 Å². The smallest absolute Gasteiger partial charge is 0.398 e. The van der Waals surface area contributed by atoms with Crippen molar-refractivity contribution in [1.82, 2.24) is 4.98 Å². The van der Waals surface area contributed by atoms with Crippen molar-refractivity contribution < 1.29 is 22.7 Å². The number of ether oxygens (including phenoxy) is 1. The van der Waals surface area contributed by atoms with E-state index in [1.165, 1.54) is 12.3 Å². The molecule has 1 aromatic carbocycles. The maximum atomic E-state index is 13.0. The lowest BCUT2D eigenvalue weighted by molar-refractivity contribution is -0.105. The number of aromatic nitrogens is 1. The number of pyridine rings is 1. The van der Waals surface area contributed by atoms with E-state index in [0.29, 0.717) is 24.1 Å². The fraction of sp³-hybridized carbons (Fsp3) is 0.333. The summed E-state index contributed by atoms with van der Waals surface area (Å²) in [6, 6.07) is 8.55. The van der Waals surface area contributed by atoms with E-state index in [1.807, 2.05) is 12.1 Å². The van der Waals surface area contributed by atoms with E-state index >= 15 is 0 Å². The van der Waals surface area contributed by atoms with Gasteiger partial charge >= 0.3 is 6.18 Å². The van der Waals surface area contributed by atoms with Gasteiger partial charge in [0.05, 0.1) is 18.4 Å². The zero-order valence-corrected chi connectivity index (χ0v) is 14.9. The Bertz CT molecular complexity index is 811. The molecule has 1 aliphatic rings. The Morgan fingerprint density at radius 1 is 1.35 bits per heavy atom. The van der Waals surface area contributed by atoms with Gasteiger partial charge in [0.25, 0.3) is 5.91 Å². The number of aryl methyl sites for hydroxylation is 1. The Hall–Kier alpha value is -2.22. The summed E-state index contributed by atoms with van der Waals surface area (Å²) in [5, 5.41) is 0.0930. The standard InChI is InChI=1S/C18H17F3N2O2S/c1-25-13-6-7-15-12(10-13)4-3-9-23(15)17(24)14-5-2-8-22-16(14)26-11-18(19,20)21/h2,5-8,10H,3-4,9,11H2,1H3. The van der Waals surface area contributed by atoms with Crippen molar-refractivity contribution in [2.75, 3.05) is 24.3 Å². The summed E-state index contributed by atoms with van der Waals surface area (Å²) in [5.41, 5.74) is 1.93. The molecular weight excluding hydrogens is 365 g/mol. The van der Waals surface area contributed by atoms with Crippen molar-refractivity contribution in [3.8, 4) is 5.75 Å². The minimum atomic E-state index is -4.32. The van der Waals surface area contributed by atoms with Crippen LogP contribution in [0.15, 0.2) is 41.6 Å². The molecule has 0 fully saturated rings. The highest BCUT2D eigenvalue weighted by Gasteiger charge is 2.30. The van der Waals surface area contributed by atoms with Crippen LogP contribution < -0.4 is 9.64 Å². The molecule has 3 rings (SSSR count). The molecular formula is C18H17F3N2O2S. The number of fused-ring (bicyclic) bond motifs is 1. The molecule has 26 heavy (non-hydrogen) atoms. The normalized spacial score (nSPS) is 14.1. The van der Waals surface area contributed by atoms with Gasteiger partial charge in [-0.2, -0.15) is 13.2 Å². The Balaban J connectivity index is 1.89. The van der Waals surface area contributed by atoms with E-state index in [9.17, 15) is 18.0 Å². The predicted molar refractivity (Wildman–Crippen MR) is 94.0 cm³/mol. The summed E-state index contributed by atoms with van der Waals surface area (Å²) >= 11 is 0.530. The Kier molecular flexibility index (Phi) is 5.41. The SMILES string of the molecule is COc1ccc2c(c1)CCCN2C(=O)c1cccnc1SCC(F)(F)F. The minimum absolute atomic E-state index is 0.0930. The van der Waals surface area contributed by atoms with Crippen molar-refractivity contribution in [3.63, 3.8) is 0 Å². The number of anilines is 1. The first-order chi connectivity index (χ1) is 12.4. The molecule has 8 heteroatoms. The summed E-state index contributed by atoms with van der Waals surface area (Å²) in [6.45, 7) is 0.510. The summed E-state index contributed by atoms with van der Waals surface area (Å²) < 4.78 is 42.8. The molecule has 0 radical (unpaired) electrons. The Morgan fingerprint density at radius 3 is 2.88 bits per heavy atom. The van der Waals surface area contributed by atoms with Gasteiger partial charge in [0.1, 0.15) is 10.8 Å². The zero-order valence-electron chi connectivity index (χ0n) is 14.0. The van der Waals surface area contributed by atoms with Crippen LogP contribution in [0.4, 0.5) is 18.9 Å². The van der Waals surface area contributed by atoms with Gasteiger partial charge in [0, 0.05) is 18.4 Å². The number of hydrogen-bond donors (Lipinski definition) is 0. The van der Waals surface area contributed by atoms with E-state index in [2.05, 4.69) is 4.98 Å². The van der Waals surface area contributed by atoms with Gasteiger partial charge in [0.15, 0.2) is 0 Å². The van der Waals surface area contributed by atoms with Gasteiger partial charge in [-0.25, -0.2) is 4.98 Å². The first kappa shape index (κ1) is 18.6. The van der Waals surface area contributed by atoms with Crippen LogP contribution in [-0.2, 0) is 6.42 Å². The van der Waals surface area contributed by atoms with Crippen molar-refractivity contribution in [2.45, 2.75) is 24.0 Å². The highest BCUT2D eigenvalue weighted by atomic mass is 32.2. The lowest BCUT2D eigenvalue weighted by Crippen LogP contribution is -2.36. The van der Waals surface area contributed by atoms with Crippen LogP contribution >= 0.6 is 11.8 Å². The molecule has 0 aliphatic carbocycles. The Morgan fingerprint density at radius 2 is 2.15 bits per heavy atom. The minimum Gasteiger partial charge on any atom is -0.497 e. The van der Waals surface area contributed by atoms with Crippen LogP contribution in [-0.4, -0.2) is 36.5 Å². The molecule has 0 unspecified atom stereocenters. The van der Waals surface area contributed by atoms with Crippen LogP contribution in [0, 0.1) is 0 Å². The molecule has 1 aromatic heterocycles. The molecule has 0 N–H and O–H groups in total. The second-order valence-corrected chi connectivity index (χ2v) is 6.78. The van der Waals surface area contributed by atoms with Crippen molar-refractivity contribution in [3.05, 3.63) is 47.7 Å². The largest absolute Gasteiger partial charge is 0.497 e. The third-order valence-corrected chi connectivity index (χ3v) is 5.09. The number of carbonyl (C=O) groups excluding carboxylic acids is 1. The summed E-state index contributed by atoms with van der Waals surface area (Å²) in [7, 11) is 1.58. The molecule has 138 valence electrons. The average molecular weight is 382 g/mol. The average Bonchev–Trinajstić information content (AvgIpc) is 2.64. The number of hydrogen-bond acceptors (Lipinski definition) is 4. The predicted octanol–water partition coefficient (Wildman–Crippen LogP) is 4.34. The molecule has 0 saturated carbocycles. The van der Waals surface area contributed by atoms with Crippen molar-refractivity contribution >= 4 is 23.4 Å².